The summed E-state index contributed by atoms with van der Waals surface area (Å²) in [5, 5.41) is 25.9. The lowest BCUT2D eigenvalue weighted by Gasteiger charge is -2.32. The van der Waals surface area contributed by atoms with Crippen molar-refractivity contribution < 1.29 is 10.0 Å². The van der Waals surface area contributed by atoms with Gasteiger partial charge in [-0.3, -0.25) is 15.0 Å². The highest BCUT2D eigenvalue weighted by molar-refractivity contribution is 5.87. The fourth-order valence-electron chi connectivity index (χ4n) is 5.28. The molecule has 1 aliphatic heterocycles. The van der Waals surface area contributed by atoms with Crippen LogP contribution in [0, 0.1) is 10.1 Å². The fourth-order valence-corrected chi connectivity index (χ4v) is 5.28. The number of nitrogens with zero attached hydrogens (tertiary/aromatic N) is 3. The largest absolute Gasteiger partial charge is 0.391 e. The van der Waals surface area contributed by atoms with E-state index >= 15 is 0 Å². The van der Waals surface area contributed by atoms with Crippen molar-refractivity contribution in [3.63, 3.8) is 0 Å². The van der Waals surface area contributed by atoms with E-state index in [0.29, 0.717) is 12.1 Å². The van der Waals surface area contributed by atoms with Crippen LogP contribution < -0.4 is 5.32 Å². The Bertz CT molecular complexity index is 1100. The maximum absolute atomic E-state index is 11.3. The molecule has 3 atom stereocenters. The third-order valence-electron chi connectivity index (χ3n) is 6.76. The molecule has 162 valence electrons. The van der Waals surface area contributed by atoms with E-state index in [0.717, 1.165) is 55.2 Å². The maximum atomic E-state index is 11.3. The van der Waals surface area contributed by atoms with Crippen molar-refractivity contribution in [1.82, 2.24) is 14.9 Å². The number of anilines is 2. The van der Waals surface area contributed by atoms with Gasteiger partial charge in [0, 0.05) is 47.1 Å². The van der Waals surface area contributed by atoms with E-state index in [9.17, 15) is 15.2 Å². The van der Waals surface area contributed by atoms with E-state index in [1.807, 2.05) is 18.2 Å². The van der Waals surface area contributed by atoms with Crippen LogP contribution >= 0.6 is 0 Å². The average Bonchev–Trinajstić information content (AvgIpc) is 3.49. The number of aliphatic hydroxyl groups excluding tert-OH is 1. The molecule has 2 aliphatic rings. The Hall–Kier alpha value is -2.97. The zero-order chi connectivity index (χ0) is 21.4. The highest BCUT2D eigenvalue weighted by atomic mass is 16.6. The van der Waals surface area contributed by atoms with E-state index < -0.39 is 4.92 Å². The second-order valence-corrected chi connectivity index (χ2v) is 8.63. The first-order valence-corrected chi connectivity index (χ1v) is 11.0. The molecule has 1 aliphatic carbocycles. The van der Waals surface area contributed by atoms with Crippen LogP contribution in [0.2, 0.25) is 0 Å². The Balaban J connectivity index is 1.39. The SMILES string of the molecule is O=[N+]([O-])c1cccnc1Nc1ccc2[nH]cc(CC3CCCN3C3CCCC3O)c2c1. The Kier molecular flexibility index (Phi) is 5.33. The predicted octanol–water partition coefficient (Wildman–Crippen LogP) is 4.14. The van der Waals surface area contributed by atoms with Gasteiger partial charge in [0.2, 0.25) is 5.82 Å². The van der Waals surface area contributed by atoms with Gasteiger partial charge in [-0.2, -0.15) is 0 Å². The Morgan fingerprint density at radius 1 is 1.26 bits per heavy atom. The molecule has 2 fully saturated rings. The van der Waals surface area contributed by atoms with Gasteiger partial charge in [0.05, 0.1) is 11.0 Å². The average molecular weight is 422 g/mol. The lowest BCUT2D eigenvalue weighted by atomic mass is 10.0. The predicted molar refractivity (Wildman–Crippen MR) is 120 cm³/mol. The standard InChI is InChI=1S/C23H27N5O3/c29-22-7-1-5-20(22)27-11-3-4-17(27)12-15-14-25-19-9-8-16(13-18(15)19)26-23-21(28(30)31)6-2-10-24-23/h2,6,8-10,13-14,17,20,22,25,29H,1,3-5,7,11-12H2,(H,24,26). The molecule has 1 saturated carbocycles. The zero-order valence-electron chi connectivity index (χ0n) is 17.3. The molecule has 0 amide bonds. The van der Waals surface area contributed by atoms with Crippen molar-refractivity contribution in [1.29, 1.82) is 0 Å². The Morgan fingerprint density at radius 3 is 2.97 bits per heavy atom. The molecule has 5 rings (SSSR count). The number of benzene rings is 1. The number of aromatic nitrogens is 2. The molecule has 8 nitrogen and oxygen atoms in total. The first kappa shape index (κ1) is 20.0. The van der Waals surface area contributed by atoms with Crippen LogP contribution in [0.5, 0.6) is 0 Å². The summed E-state index contributed by atoms with van der Waals surface area (Å²) in [7, 11) is 0. The van der Waals surface area contributed by atoms with Gasteiger partial charge in [-0.1, -0.05) is 0 Å². The van der Waals surface area contributed by atoms with Crippen molar-refractivity contribution in [3.8, 4) is 0 Å². The van der Waals surface area contributed by atoms with E-state index in [2.05, 4.69) is 26.4 Å². The number of H-pyrrole nitrogens is 1. The molecular weight excluding hydrogens is 394 g/mol. The normalized spacial score (nSPS) is 24.1. The van der Waals surface area contributed by atoms with Crippen molar-refractivity contribution in [2.45, 2.75) is 56.7 Å². The number of nitro groups is 1. The summed E-state index contributed by atoms with van der Waals surface area (Å²) < 4.78 is 0. The summed E-state index contributed by atoms with van der Waals surface area (Å²) in [6.45, 7) is 1.06. The molecule has 3 aromatic rings. The van der Waals surface area contributed by atoms with Gasteiger partial charge in [0.25, 0.3) is 0 Å². The molecule has 2 aromatic heterocycles. The van der Waals surface area contributed by atoms with E-state index in [1.165, 1.54) is 18.1 Å². The molecule has 8 heteroatoms. The minimum Gasteiger partial charge on any atom is -0.391 e. The molecule has 3 N–H and O–H groups in total. The highest BCUT2D eigenvalue weighted by Gasteiger charge is 2.37. The fraction of sp³-hybridized carbons (Fsp3) is 0.435. The smallest absolute Gasteiger partial charge is 0.311 e. The molecule has 0 spiro atoms. The molecular formula is C23H27N5O3. The lowest BCUT2D eigenvalue weighted by molar-refractivity contribution is -0.384. The van der Waals surface area contributed by atoms with Gasteiger partial charge in [-0.05, 0) is 74.9 Å². The number of hydrogen-bond acceptors (Lipinski definition) is 6. The topological polar surface area (TPSA) is 107 Å². The van der Waals surface area contributed by atoms with Crippen LogP contribution in [0.25, 0.3) is 10.9 Å². The van der Waals surface area contributed by atoms with Gasteiger partial charge in [-0.25, -0.2) is 4.98 Å². The molecule has 0 radical (unpaired) electrons. The number of aromatic amines is 1. The van der Waals surface area contributed by atoms with E-state index in [4.69, 9.17) is 0 Å². The van der Waals surface area contributed by atoms with Crippen molar-refractivity contribution in [2.75, 3.05) is 11.9 Å². The number of fused-ring (bicyclic) bond motifs is 1. The molecule has 1 aromatic carbocycles. The van der Waals surface area contributed by atoms with Gasteiger partial charge in [0.1, 0.15) is 0 Å². The van der Waals surface area contributed by atoms with Crippen molar-refractivity contribution in [2.24, 2.45) is 0 Å². The third-order valence-corrected chi connectivity index (χ3v) is 6.76. The zero-order valence-corrected chi connectivity index (χ0v) is 17.3. The molecule has 0 bridgehead atoms. The van der Waals surface area contributed by atoms with Crippen LogP contribution in [-0.2, 0) is 6.42 Å². The number of nitrogens with one attached hydrogen (secondary N) is 2. The summed E-state index contributed by atoms with van der Waals surface area (Å²) in [6.07, 6.45) is 9.76. The van der Waals surface area contributed by atoms with Crippen LogP contribution in [0.3, 0.4) is 0 Å². The second kappa shape index (κ2) is 8.28. The number of rotatable bonds is 6. The minimum atomic E-state index is -0.429. The Labute approximate surface area is 180 Å². The molecule has 1 saturated heterocycles. The Morgan fingerprint density at radius 2 is 2.16 bits per heavy atom. The van der Waals surface area contributed by atoms with Crippen LogP contribution in [-0.4, -0.2) is 49.6 Å². The van der Waals surface area contributed by atoms with Gasteiger partial charge in [0.15, 0.2) is 0 Å². The minimum absolute atomic E-state index is 0.0476. The number of aliphatic hydroxyl groups is 1. The third kappa shape index (κ3) is 3.88. The van der Waals surface area contributed by atoms with Gasteiger partial charge < -0.3 is 15.4 Å². The summed E-state index contributed by atoms with van der Waals surface area (Å²) >= 11 is 0. The summed E-state index contributed by atoms with van der Waals surface area (Å²) in [5.74, 6) is 0.237. The first-order chi connectivity index (χ1) is 15.1. The molecule has 3 unspecified atom stereocenters. The molecule has 31 heavy (non-hydrogen) atoms. The number of hydrogen-bond donors (Lipinski definition) is 3. The first-order valence-electron chi connectivity index (χ1n) is 11.0. The monoisotopic (exact) mass is 421 g/mol. The summed E-state index contributed by atoms with van der Waals surface area (Å²) in [6, 6.07) is 9.65. The van der Waals surface area contributed by atoms with Gasteiger partial charge >= 0.3 is 5.69 Å². The quantitative estimate of drug-likeness (QED) is 0.408. The van der Waals surface area contributed by atoms with Crippen molar-refractivity contribution >= 4 is 28.1 Å². The summed E-state index contributed by atoms with van der Waals surface area (Å²) in [4.78, 5) is 20.9. The number of pyridine rings is 1. The molecule has 3 heterocycles. The van der Waals surface area contributed by atoms with E-state index in [1.54, 1.807) is 12.3 Å². The van der Waals surface area contributed by atoms with E-state index in [-0.39, 0.29) is 17.6 Å². The highest BCUT2D eigenvalue weighted by Crippen LogP contribution is 2.34. The van der Waals surface area contributed by atoms with Crippen LogP contribution in [0.4, 0.5) is 17.2 Å². The summed E-state index contributed by atoms with van der Waals surface area (Å²) in [5.41, 5.74) is 3.00. The van der Waals surface area contributed by atoms with Gasteiger partial charge in [-0.15, -0.1) is 0 Å². The maximum Gasteiger partial charge on any atom is 0.311 e. The lowest BCUT2D eigenvalue weighted by Crippen LogP contribution is -2.44. The van der Waals surface area contributed by atoms with Crippen molar-refractivity contribution in [3.05, 3.63) is 58.4 Å². The van der Waals surface area contributed by atoms with Crippen LogP contribution in [0.1, 0.15) is 37.7 Å². The second-order valence-electron chi connectivity index (χ2n) is 8.63. The van der Waals surface area contributed by atoms with Crippen LogP contribution in [0.15, 0.2) is 42.7 Å². The number of likely N-dealkylation sites (tertiary alicyclic amines) is 1.